The van der Waals surface area contributed by atoms with Crippen LogP contribution in [-0.2, 0) is 0 Å². The zero-order valence-corrected chi connectivity index (χ0v) is 15.7. The maximum Gasteiger partial charge on any atom is 0.186 e. The van der Waals surface area contributed by atoms with Gasteiger partial charge in [-0.25, -0.2) is 0 Å². The molecule has 0 saturated carbocycles. The fourth-order valence-electron chi connectivity index (χ4n) is 1.88. The van der Waals surface area contributed by atoms with Gasteiger partial charge in [0.15, 0.2) is 11.6 Å². The number of aromatic nitrogens is 1. The number of halogens is 4. The van der Waals surface area contributed by atoms with Gasteiger partial charge < -0.3 is 10.3 Å². The Balaban J connectivity index is 2.21. The van der Waals surface area contributed by atoms with Crippen LogP contribution in [0.5, 0.6) is 0 Å². The zero-order chi connectivity index (χ0) is 15.1. The van der Waals surface area contributed by atoms with E-state index in [0.29, 0.717) is 21.4 Å². The van der Waals surface area contributed by atoms with Gasteiger partial charge in [0.1, 0.15) is 0 Å². The van der Waals surface area contributed by atoms with Crippen LogP contribution in [0.2, 0.25) is 10.0 Å². The highest BCUT2D eigenvalue weighted by Gasteiger charge is 2.22. The van der Waals surface area contributed by atoms with Gasteiger partial charge in [-0.15, -0.1) is 11.3 Å². The highest BCUT2D eigenvalue weighted by Crippen LogP contribution is 2.45. The smallest absolute Gasteiger partial charge is 0.186 e. The summed E-state index contributed by atoms with van der Waals surface area (Å²) in [7, 11) is 0. The molecule has 0 aliphatic heterocycles. The maximum atomic E-state index is 6.26. The lowest BCUT2D eigenvalue weighted by Gasteiger charge is -2.04. The summed E-state index contributed by atoms with van der Waals surface area (Å²) in [6.07, 6.45) is 0. The monoisotopic (exact) mass is 466 g/mol. The molecule has 108 valence electrons. The van der Waals surface area contributed by atoms with E-state index in [1.807, 2.05) is 6.07 Å². The van der Waals surface area contributed by atoms with Gasteiger partial charge in [0.05, 0.1) is 19.2 Å². The van der Waals surface area contributed by atoms with Gasteiger partial charge in [0, 0.05) is 15.1 Å². The highest BCUT2D eigenvalue weighted by molar-refractivity contribution is 9.13. The number of nitrogen functional groups attached to an aromatic ring is 1. The van der Waals surface area contributed by atoms with Crippen molar-refractivity contribution in [1.29, 1.82) is 0 Å². The Hall–Kier alpha value is -0.530. The van der Waals surface area contributed by atoms with Crippen LogP contribution in [0.4, 0.5) is 5.82 Å². The molecule has 0 fully saturated rings. The molecule has 0 aliphatic carbocycles. The summed E-state index contributed by atoms with van der Waals surface area (Å²) < 4.78 is 7.29. The highest BCUT2D eigenvalue weighted by atomic mass is 79.9. The molecular formula is C13H6Br2Cl2N2OS. The molecule has 0 saturated heterocycles. The number of thiophene rings is 1. The summed E-state index contributed by atoms with van der Waals surface area (Å²) in [4.78, 5) is 0.888. The molecule has 1 aromatic carbocycles. The van der Waals surface area contributed by atoms with Gasteiger partial charge in [0.25, 0.3) is 0 Å². The number of hydrogen-bond acceptors (Lipinski definition) is 4. The molecule has 0 bridgehead atoms. The zero-order valence-electron chi connectivity index (χ0n) is 10.2. The Bertz CT molecular complexity index is 812. The normalized spacial score (nSPS) is 11.0. The Kier molecular flexibility index (Phi) is 4.34. The minimum absolute atomic E-state index is 0.287. The summed E-state index contributed by atoms with van der Waals surface area (Å²) >= 11 is 20.6. The van der Waals surface area contributed by atoms with Crippen LogP contribution in [-0.4, -0.2) is 5.16 Å². The first-order valence-corrected chi connectivity index (χ1v) is 8.79. The third-order valence-corrected chi connectivity index (χ3v) is 6.59. The second-order valence-corrected chi connectivity index (χ2v) is 8.20. The van der Waals surface area contributed by atoms with E-state index >= 15 is 0 Å². The van der Waals surface area contributed by atoms with Crippen molar-refractivity contribution >= 4 is 72.2 Å². The molecule has 2 aromatic heterocycles. The minimum Gasteiger partial charge on any atom is -0.380 e. The maximum absolute atomic E-state index is 6.26. The molecule has 0 aliphatic rings. The predicted octanol–water partition coefficient (Wildman–Crippen LogP) is 6.48. The fraction of sp³-hybridized carbons (Fsp3) is 0. The van der Waals surface area contributed by atoms with Gasteiger partial charge in [-0.3, -0.25) is 0 Å². The standard InChI is InChI=1S/C13H6Br2Cl2N2OS/c14-7-4-9(21-12(7)15)11-10(13(18)19-20-11)6-2-1-5(16)3-8(6)17/h1-4H,(H2,18,19). The van der Waals surface area contributed by atoms with Crippen molar-refractivity contribution in [2.24, 2.45) is 0 Å². The lowest BCUT2D eigenvalue weighted by molar-refractivity contribution is 0.437. The third kappa shape index (κ3) is 2.87. The molecule has 0 spiro atoms. The van der Waals surface area contributed by atoms with Crippen molar-refractivity contribution in [1.82, 2.24) is 5.16 Å². The number of nitrogens with two attached hydrogens (primary N) is 1. The number of benzene rings is 1. The van der Waals surface area contributed by atoms with Crippen LogP contribution >= 0.6 is 66.4 Å². The van der Waals surface area contributed by atoms with E-state index in [0.717, 1.165) is 18.7 Å². The van der Waals surface area contributed by atoms with Crippen LogP contribution in [0.1, 0.15) is 0 Å². The first-order chi connectivity index (χ1) is 9.97. The summed E-state index contributed by atoms with van der Waals surface area (Å²) in [6, 6.07) is 7.14. The molecule has 0 amide bonds. The number of nitrogens with zero attached hydrogens (tertiary/aromatic N) is 1. The van der Waals surface area contributed by atoms with Crippen LogP contribution in [0.25, 0.3) is 21.8 Å². The first-order valence-electron chi connectivity index (χ1n) is 5.63. The Morgan fingerprint density at radius 3 is 2.57 bits per heavy atom. The van der Waals surface area contributed by atoms with E-state index in [2.05, 4.69) is 37.0 Å². The largest absolute Gasteiger partial charge is 0.380 e. The van der Waals surface area contributed by atoms with E-state index in [9.17, 15) is 0 Å². The number of hydrogen-bond donors (Lipinski definition) is 1. The van der Waals surface area contributed by atoms with Crippen molar-refractivity contribution in [3.63, 3.8) is 0 Å². The Labute approximate surface area is 151 Å². The first kappa shape index (κ1) is 15.4. The molecule has 2 heterocycles. The molecule has 3 rings (SSSR count). The lowest BCUT2D eigenvalue weighted by Crippen LogP contribution is -1.89. The molecule has 21 heavy (non-hydrogen) atoms. The van der Waals surface area contributed by atoms with Crippen LogP contribution < -0.4 is 5.73 Å². The van der Waals surface area contributed by atoms with E-state index in [-0.39, 0.29) is 5.82 Å². The van der Waals surface area contributed by atoms with Crippen molar-refractivity contribution in [2.75, 3.05) is 5.73 Å². The average molecular weight is 469 g/mol. The summed E-state index contributed by atoms with van der Waals surface area (Å²) in [5.74, 6) is 0.864. The lowest BCUT2D eigenvalue weighted by atomic mass is 10.1. The second-order valence-electron chi connectivity index (χ2n) is 4.13. The summed E-state index contributed by atoms with van der Waals surface area (Å²) in [5.41, 5.74) is 7.34. The molecule has 0 radical (unpaired) electrons. The molecule has 0 unspecified atom stereocenters. The molecule has 3 nitrogen and oxygen atoms in total. The van der Waals surface area contributed by atoms with Crippen LogP contribution in [0.15, 0.2) is 37.0 Å². The van der Waals surface area contributed by atoms with Crippen molar-refractivity contribution in [3.8, 4) is 21.8 Å². The average Bonchev–Trinajstić information content (AvgIpc) is 2.94. The Morgan fingerprint density at radius 1 is 1.19 bits per heavy atom. The van der Waals surface area contributed by atoms with Gasteiger partial charge in [0.2, 0.25) is 0 Å². The summed E-state index contributed by atoms with van der Waals surface area (Å²) in [5, 5.41) is 4.91. The molecule has 8 heteroatoms. The van der Waals surface area contributed by atoms with Crippen molar-refractivity contribution in [2.45, 2.75) is 0 Å². The van der Waals surface area contributed by atoms with Crippen molar-refractivity contribution < 1.29 is 4.52 Å². The minimum atomic E-state index is 0.287. The predicted molar refractivity (Wildman–Crippen MR) is 95.1 cm³/mol. The SMILES string of the molecule is Nc1noc(-c2cc(Br)c(Br)s2)c1-c1ccc(Cl)cc1Cl. The van der Waals surface area contributed by atoms with E-state index in [1.54, 1.807) is 18.2 Å². The molecule has 3 aromatic rings. The quantitative estimate of drug-likeness (QED) is 0.468. The van der Waals surface area contributed by atoms with Gasteiger partial charge in [-0.1, -0.05) is 34.4 Å². The topological polar surface area (TPSA) is 52.0 Å². The van der Waals surface area contributed by atoms with E-state index in [1.165, 1.54) is 11.3 Å². The van der Waals surface area contributed by atoms with Crippen LogP contribution in [0, 0.1) is 0 Å². The molecular weight excluding hydrogens is 463 g/mol. The Morgan fingerprint density at radius 2 is 1.95 bits per heavy atom. The van der Waals surface area contributed by atoms with Gasteiger partial charge >= 0.3 is 0 Å². The number of rotatable bonds is 2. The molecule has 2 N–H and O–H groups in total. The molecule has 0 atom stereocenters. The van der Waals surface area contributed by atoms with Gasteiger partial charge in [-0.05, 0) is 50.1 Å². The van der Waals surface area contributed by atoms with Crippen LogP contribution in [0.3, 0.4) is 0 Å². The summed E-state index contributed by atoms with van der Waals surface area (Å²) in [6.45, 7) is 0. The number of anilines is 1. The van der Waals surface area contributed by atoms with Crippen molar-refractivity contribution in [3.05, 3.63) is 42.6 Å². The van der Waals surface area contributed by atoms with Gasteiger partial charge in [-0.2, -0.15) is 0 Å². The second kappa shape index (κ2) is 5.93. The van der Waals surface area contributed by atoms with E-state index in [4.69, 9.17) is 33.5 Å². The fourth-order valence-corrected chi connectivity index (χ4v) is 4.40. The van der Waals surface area contributed by atoms with E-state index < -0.39 is 0 Å². The third-order valence-electron chi connectivity index (χ3n) is 2.79.